The van der Waals surface area contributed by atoms with Crippen LogP contribution in [0.1, 0.15) is 27.7 Å². The number of nitrogens with two attached hydrogens (primary N) is 1. The van der Waals surface area contributed by atoms with Crippen LogP contribution < -0.4 is 5.73 Å². The third-order valence-electron chi connectivity index (χ3n) is 2.45. The van der Waals surface area contributed by atoms with E-state index in [0.717, 1.165) is 0 Å². The Balaban J connectivity index is 2.73. The second kappa shape index (κ2) is 5.01. The predicted molar refractivity (Wildman–Crippen MR) is 64.4 cm³/mol. The first-order valence-electron chi connectivity index (χ1n) is 5.68. The molecule has 0 amide bonds. The quantitative estimate of drug-likeness (QED) is 0.497. The van der Waals surface area contributed by atoms with E-state index in [1.54, 1.807) is 0 Å². The van der Waals surface area contributed by atoms with Crippen LogP contribution in [0.25, 0.3) is 0 Å². The monoisotopic (exact) mass is 229 g/mol. The fourth-order valence-corrected chi connectivity index (χ4v) is 1.65. The van der Waals surface area contributed by atoms with Crippen molar-refractivity contribution in [2.24, 2.45) is 10.7 Å². The summed E-state index contributed by atoms with van der Waals surface area (Å²) in [7, 11) is 0. The van der Waals surface area contributed by atoms with Gasteiger partial charge in [-0.3, -0.25) is 0 Å². The normalized spacial score (nSPS) is 28.3. The fourth-order valence-electron chi connectivity index (χ4n) is 1.65. The van der Waals surface area contributed by atoms with Gasteiger partial charge in [0.15, 0.2) is 5.96 Å². The topological polar surface area (TPSA) is 71.1 Å². The molecular weight excluding hydrogens is 206 g/mol. The van der Waals surface area contributed by atoms with E-state index in [-0.39, 0.29) is 24.3 Å². The lowest BCUT2D eigenvalue weighted by atomic mass is 10.1. The molecular formula is C11H23N3O2. The summed E-state index contributed by atoms with van der Waals surface area (Å²) in [6.07, 6.45) is -0.162. The number of aliphatic hydroxyl groups is 1. The standard InChI is InChI=1S/C11H23N3O2/c1-8-7-16-9(6-15)5-14(8)10(12)13-11(2,3)4/h8-9,15H,5-7H2,1-4H3,(H2,12,13). The van der Waals surface area contributed by atoms with Crippen LogP contribution in [-0.4, -0.2) is 53.4 Å². The molecule has 1 heterocycles. The van der Waals surface area contributed by atoms with E-state index >= 15 is 0 Å². The van der Waals surface area contributed by atoms with E-state index in [1.165, 1.54) is 0 Å². The molecule has 0 aromatic heterocycles. The van der Waals surface area contributed by atoms with Crippen LogP contribution in [0.2, 0.25) is 0 Å². The Bertz CT molecular complexity index is 260. The minimum Gasteiger partial charge on any atom is -0.394 e. The number of hydrogen-bond acceptors (Lipinski definition) is 3. The van der Waals surface area contributed by atoms with Crippen LogP contribution in [0, 0.1) is 0 Å². The number of morpholine rings is 1. The molecule has 1 aliphatic rings. The van der Waals surface area contributed by atoms with Gasteiger partial charge in [0.2, 0.25) is 0 Å². The lowest BCUT2D eigenvalue weighted by Gasteiger charge is -2.38. The van der Waals surface area contributed by atoms with E-state index in [2.05, 4.69) is 4.99 Å². The molecule has 3 N–H and O–H groups in total. The fraction of sp³-hybridized carbons (Fsp3) is 0.909. The zero-order valence-electron chi connectivity index (χ0n) is 10.6. The maximum absolute atomic E-state index is 9.08. The molecule has 94 valence electrons. The van der Waals surface area contributed by atoms with Crippen molar-refractivity contribution in [1.82, 2.24) is 4.90 Å². The van der Waals surface area contributed by atoms with Gasteiger partial charge in [-0.2, -0.15) is 0 Å². The molecule has 1 saturated heterocycles. The number of rotatable bonds is 1. The summed E-state index contributed by atoms with van der Waals surface area (Å²) >= 11 is 0. The third-order valence-corrected chi connectivity index (χ3v) is 2.45. The second-order valence-corrected chi connectivity index (χ2v) is 5.28. The van der Waals surface area contributed by atoms with Crippen molar-refractivity contribution in [3.8, 4) is 0 Å². The largest absolute Gasteiger partial charge is 0.394 e. The van der Waals surface area contributed by atoms with Gasteiger partial charge >= 0.3 is 0 Å². The lowest BCUT2D eigenvalue weighted by molar-refractivity contribution is -0.0565. The summed E-state index contributed by atoms with van der Waals surface area (Å²) in [6.45, 7) is 9.26. The van der Waals surface area contributed by atoms with Crippen molar-refractivity contribution in [2.75, 3.05) is 19.8 Å². The lowest BCUT2D eigenvalue weighted by Crippen LogP contribution is -2.54. The molecule has 2 atom stereocenters. The Morgan fingerprint density at radius 1 is 1.56 bits per heavy atom. The molecule has 2 unspecified atom stereocenters. The highest BCUT2D eigenvalue weighted by Gasteiger charge is 2.27. The Hall–Kier alpha value is -0.810. The van der Waals surface area contributed by atoms with E-state index in [0.29, 0.717) is 19.1 Å². The van der Waals surface area contributed by atoms with Crippen LogP contribution in [0.4, 0.5) is 0 Å². The van der Waals surface area contributed by atoms with Crippen LogP contribution in [0.15, 0.2) is 4.99 Å². The summed E-state index contributed by atoms with van der Waals surface area (Å²) in [6, 6.07) is 0.203. The van der Waals surface area contributed by atoms with E-state index in [4.69, 9.17) is 15.6 Å². The number of aliphatic hydroxyl groups excluding tert-OH is 1. The van der Waals surface area contributed by atoms with Crippen molar-refractivity contribution in [3.63, 3.8) is 0 Å². The number of nitrogens with zero attached hydrogens (tertiary/aromatic N) is 2. The molecule has 0 saturated carbocycles. The Morgan fingerprint density at radius 3 is 2.69 bits per heavy atom. The van der Waals surface area contributed by atoms with Crippen molar-refractivity contribution < 1.29 is 9.84 Å². The highest BCUT2D eigenvalue weighted by Crippen LogP contribution is 2.13. The minimum absolute atomic E-state index is 0.0199. The Morgan fingerprint density at radius 2 is 2.19 bits per heavy atom. The first-order valence-corrected chi connectivity index (χ1v) is 5.68. The van der Waals surface area contributed by atoms with Gasteiger partial charge in [0.1, 0.15) is 0 Å². The van der Waals surface area contributed by atoms with Gasteiger partial charge in [-0.05, 0) is 27.7 Å². The van der Waals surface area contributed by atoms with E-state index in [9.17, 15) is 0 Å². The summed E-state index contributed by atoms with van der Waals surface area (Å²) in [5.74, 6) is 0.529. The molecule has 5 nitrogen and oxygen atoms in total. The maximum atomic E-state index is 9.08. The van der Waals surface area contributed by atoms with Gasteiger partial charge < -0.3 is 20.5 Å². The zero-order chi connectivity index (χ0) is 12.3. The SMILES string of the molecule is CC1COC(CO)CN1C(N)=NC(C)(C)C. The zero-order valence-corrected chi connectivity index (χ0v) is 10.6. The van der Waals surface area contributed by atoms with Crippen LogP contribution >= 0.6 is 0 Å². The van der Waals surface area contributed by atoms with Gasteiger partial charge in [-0.15, -0.1) is 0 Å². The van der Waals surface area contributed by atoms with Crippen molar-refractivity contribution in [2.45, 2.75) is 45.4 Å². The molecule has 0 bridgehead atoms. The summed E-state index contributed by atoms with van der Waals surface area (Å²) < 4.78 is 5.45. The number of ether oxygens (including phenoxy) is 1. The number of aliphatic imine (C=N–C) groups is 1. The highest BCUT2D eigenvalue weighted by molar-refractivity contribution is 5.79. The van der Waals surface area contributed by atoms with Crippen LogP contribution in [-0.2, 0) is 4.74 Å². The predicted octanol–water partition coefficient (Wildman–Crippen LogP) is 0.181. The molecule has 0 radical (unpaired) electrons. The summed E-state index contributed by atoms with van der Waals surface area (Å²) in [4.78, 5) is 6.43. The third kappa shape index (κ3) is 3.64. The molecule has 1 aliphatic heterocycles. The van der Waals surface area contributed by atoms with Gasteiger partial charge in [0, 0.05) is 6.54 Å². The van der Waals surface area contributed by atoms with Gasteiger partial charge in [-0.1, -0.05) is 0 Å². The molecule has 0 spiro atoms. The smallest absolute Gasteiger partial charge is 0.192 e. The van der Waals surface area contributed by atoms with Crippen molar-refractivity contribution in [1.29, 1.82) is 0 Å². The molecule has 5 heteroatoms. The average molecular weight is 229 g/mol. The van der Waals surface area contributed by atoms with Gasteiger partial charge in [0.05, 0.1) is 30.9 Å². The van der Waals surface area contributed by atoms with Crippen LogP contribution in [0.5, 0.6) is 0 Å². The highest BCUT2D eigenvalue weighted by atomic mass is 16.5. The van der Waals surface area contributed by atoms with E-state index < -0.39 is 0 Å². The number of hydrogen-bond donors (Lipinski definition) is 2. The summed E-state index contributed by atoms with van der Waals surface area (Å²) in [5.41, 5.74) is 5.80. The van der Waals surface area contributed by atoms with Crippen molar-refractivity contribution in [3.05, 3.63) is 0 Å². The number of guanidine groups is 1. The minimum atomic E-state index is -0.184. The first-order chi connectivity index (χ1) is 7.33. The molecule has 0 aromatic rings. The first kappa shape index (κ1) is 13.3. The van der Waals surface area contributed by atoms with Crippen LogP contribution in [0.3, 0.4) is 0 Å². The van der Waals surface area contributed by atoms with Gasteiger partial charge in [0.25, 0.3) is 0 Å². The van der Waals surface area contributed by atoms with Crippen molar-refractivity contribution >= 4 is 5.96 Å². The Kier molecular flexibility index (Phi) is 4.15. The molecule has 0 aromatic carbocycles. The average Bonchev–Trinajstić information content (AvgIpc) is 2.15. The maximum Gasteiger partial charge on any atom is 0.192 e. The second-order valence-electron chi connectivity index (χ2n) is 5.28. The molecule has 16 heavy (non-hydrogen) atoms. The molecule has 0 aliphatic carbocycles. The molecule has 1 fully saturated rings. The molecule has 1 rings (SSSR count). The Labute approximate surface area is 97.3 Å². The van der Waals surface area contributed by atoms with E-state index in [1.807, 2.05) is 32.6 Å². The van der Waals surface area contributed by atoms with Gasteiger partial charge in [-0.25, -0.2) is 4.99 Å². The summed E-state index contributed by atoms with van der Waals surface area (Å²) in [5, 5.41) is 9.08.